The fourth-order valence-corrected chi connectivity index (χ4v) is 4.46. The van der Waals surface area contributed by atoms with Gasteiger partial charge in [-0.1, -0.05) is 19.3 Å². The molecule has 1 aromatic heterocycles. The molecular formula is C16H22N4OS. The van der Waals surface area contributed by atoms with E-state index in [4.69, 9.17) is 5.26 Å². The SMILES string of the molecule is Cc1nc(C2CCCCC2)sc1NC(=O)C1(NC#N)CCC1. The molecule has 0 aliphatic heterocycles. The Bertz CT molecular complexity index is 594. The van der Waals surface area contributed by atoms with Gasteiger partial charge in [-0.3, -0.25) is 4.79 Å². The first-order valence-corrected chi connectivity index (χ1v) is 8.91. The van der Waals surface area contributed by atoms with Crippen LogP contribution in [-0.4, -0.2) is 16.4 Å². The first-order chi connectivity index (χ1) is 10.6. The van der Waals surface area contributed by atoms with Gasteiger partial charge >= 0.3 is 0 Å². The summed E-state index contributed by atoms with van der Waals surface area (Å²) in [5.74, 6) is 0.459. The maximum Gasteiger partial charge on any atom is 0.251 e. The number of hydrogen-bond acceptors (Lipinski definition) is 5. The molecule has 0 radical (unpaired) electrons. The molecule has 2 saturated carbocycles. The molecule has 1 heterocycles. The molecule has 118 valence electrons. The standard InChI is InChI=1S/C16H22N4OS/c1-11-13(20-15(21)16(18-10-17)8-5-9-16)22-14(19-11)12-6-3-2-4-7-12/h12,18H,2-9H2,1H3,(H,20,21). The Kier molecular flexibility index (Phi) is 4.34. The molecule has 0 saturated heterocycles. The van der Waals surface area contributed by atoms with E-state index >= 15 is 0 Å². The number of nitriles is 1. The van der Waals surface area contributed by atoms with E-state index in [0.717, 1.165) is 35.0 Å². The van der Waals surface area contributed by atoms with E-state index < -0.39 is 5.54 Å². The summed E-state index contributed by atoms with van der Waals surface area (Å²) in [6, 6.07) is 0. The highest BCUT2D eigenvalue weighted by molar-refractivity contribution is 7.16. The summed E-state index contributed by atoms with van der Waals surface area (Å²) < 4.78 is 0. The molecule has 3 rings (SSSR count). The molecule has 6 heteroatoms. The van der Waals surface area contributed by atoms with Crippen LogP contribution in [0.1, 0.15) is 68.0 Å². The number of anilines is 1. The highest BCUT2D eigenvalue weighted by Gasteiger charge is 2.44. The fraction of sp³-hybridized carbons (Fsp3) is 0.688. The molecule has 2 fully saturated rings. The van der Waals surface area contributed by atoms with Crippen LogP contribution in [0.15, 0.2) is 0 Å². The molecule has 2 N–H and O–H groups in total. The molecule has 0 spiro atoms. The topological polar surface area (TPSA) is 77.8 Å². The molecule has 0 atom stereocenters. The van der Waals surface area contributed by atoms with Crippen LogP contribution in [0.4, 0.5) is 5.00 Å². The van der Waals surface area contributed by atoms with Crippen LogP contribution in [-0.2, 0) is 4.79 Å². The van der Waals surface area contributed by atoms with Crippen LogP contribution in [0.3, 0.4) is 0 Å². The summed E-state index contributed by atoms with van der Waals surface area (Å²) in [5.41, 5.74) is 0.196. The van der Waals surface area contributed by atoms with Crippen molar-refractivity contribution in [2.45, 2.75) is 69.7 Å². The first-order valence-electron chi connectivity index (χ1n) is 8.10. The Morgan fingerprint density at radius 2 is 2.05 bits per heavy atom. The second-order valence-electron chi connectivity index (χ2n) is 6.43. The Balaban J connectivity index is 1.71. The summed E-state index contributed by atoms with van der Waals surface area (Å²) in [6.45, 7) is 1.95. The van der Waals surface area contributed by atoms with Gasteiger partial charge in [0.05, 0.1) is 10.7 Å². The van der Waals surface area contributed by atoms with Crippen molar-refractivity contribution in [1.82, 2.24) is 10.3 Å². The van der Waals surface area contributed by atoms with Gasteiger partial charge < -0.3 is 10.6 Å². The number of carbonyl (C=O) groups is 1. The number of amides is 1. The van der Waals surface area contributed by atoms with Gasteiger partial charge in [0, 0.05) is 5.92 Å². The van der Waals surface area contributed by atoms with Crippen molar-refractivity contribution in [2.75, 3.05) is 5.32 Å². The Morgan fingerprint density at radius 1 is 1.32 bits per heavy atom. The van der Waals surface area contributed by atoms with E-state index in [1.165, 1.54) is 32.1 Å². The summed E-state index contributed by atoms with van der Waals surface area (Å²) >= 11 is 1.61. The second-order valence-corrected chi connectivity index (χ2v) is 7.46. The summed E-state index contributed by atoms with van der Waals surface area (Å²) in [6.07, 6.45) is 10.7. The molecule has 0 bridgehead atoms. The minimum Gasteiger partial charge on any atom is -0.314 e. The maximum absolute atomic E-state index is 12.5. The molecule has 0 aromatic carbocycles. The van der Waals surface area contributed by atoms with Gasteiger partial charge in [-0.25, -0.2) is 4.98 Å². The third-order valence-electron chi connectivity index (χ3n) is 4.93. The monoisotopic (exact) mass is 318 g/mol. The third-order valence-corrected chi connectivity index (χ3v) is 6.17. The van der Waals surface area contributed by atoms with Crippen LogP contribution < -0.4 is 10.6 Å². The predicted octanol–water partition coefficient (Wildman–Crippen LogP) is 3.43. The van der Waals surface area contributed by atoms with Gasteiger partial charge in [0.1, 0.15) is 10.5 Å². The Morgan fingerprint density at radius 3 is 2.64 bits per heavy atom. The zero-order chi connectivity index (χ0) is 15.6. The molecule has 22 heavy (non-hydrogen) atoms. The third kappa shape index (κ3) is 2.82. The van der Waals surface area contributed by atoms with Crippen molar-refractivity contribution in [1.29, 1.82) is 5.26 Å². The van der Waals surface area contributed by atoms with E-state index in [9.17, 15) is 4.79 Å². The Labute approximate surface area is 135 Å². The first kappa shape index (κ1) is 15.3. The second kappa shape index (κ2) is 6.25. The van der Waals surface area contributed by atoms with E-state index in [1.807, 2.05) is 13.1 Å². The molecule has 2 aliphatic carbocycles. The molecule has 1 aromatic rings. The quantitative estimate of drug-likeness (QED) is 0.658. The number of carbonyl (C=O) groups excluding carboxylic acids is 1. The van der Waals surface area contributed by atoms with Crippen molar-refractivity contribution in [3.05, 3.63) is 10.7 Å². The molecule has 1 amide bonds. The smallest absolute Gasteiger partial charge is 0.251 e. The lowest BCUT2D eigenvalue weighted by atomic mass is 9.76. The lowest BCUT2D eigenvalue weighted by molar-refractivity contribution is -0.125. The van der Waals surface area contributed by atoms with Gasteiger partial charge in [-0.05, 0) is 39.0 Å². The van der Waals surface area contributed by atoms with Crippen molar-refractivity contribution in [2.24, 2.45) is 0 Å². The number of thiazole rings is 1. The van der Waals surface area contributed by atoms with E-state index in [-0.39, 0.29) is 5.91 Å². The van der Waals surface area contributed by atoms with Crippen molar-refractivity contribution < 1.29 is 4.79 Å². The zero-order valence-electron chi connectivity index (χ0n) is 12.9. The lowest BCUT2D eigenvalue weighted by Crippen LogP contribution is -2.57. The normalized spacial score (nSPS) is 20.7. The summed E-state index contributed by atoms with van der Waals surface area (Å²) in [4.78, 5) is 17.2. The van der Waals surface area contributed by atoms with Crippen molar-refractivity contribution in [3.63, 3.8) is 0 Å². The van der Waals surface area contributed by atoms with Gasteiger partial charge in [-0.2, -0.15) is 5.26 Å². The minimum atomic E-state index is -0.698. The van der Waals surface area contributed by atoms with E-state index in [2.05, 4.69) is 15.6 Å². The van der Waals surface area contributed by atoms with Crippen molar-refractivity contribution in [3.8, 4) is 6.19 Å². The highest BCUT2D eigenvalue weighted by Crippen LogP contribution is 2.39. The van der Waals surface area contributed by atoms with Gasteiger partial charge in [0.15, 0.2) is 6.19 Å². The van der Waals surface area contributed by atoms with Crippen LogP contribution in [0.25, 0.3) is 0 Å². The van der Waals surface area contributed by atoms with Crippen LogP contribution in [0.2, 0.25) is 0 Å². The van der Waals surface area contributed by atoms with Crippen LogP contribution in [0, 0.1) is 18.4 Å². The minimum absolute atomic E-state index is 0.0951. The van der Waals surface area contributed by atoms with Crippen LogP contribution >= 0.6 is 11.3 Å². The summed E-state index contributed by atoms with van der Waals surface area (Å²) in [7, 11) is 0. The van der Waals surface area contributed by atoms with Crippen molar-refractivity contribution >= 4 is 22.2 Å². The molecular weight excluding hydrogens is 296 g/mol. The zero-order valence-corrected chi connectivity index (χ0v) is 13.8. The van der Waals surface area contributed by atoms with E-state index in [0.29, 0.717) is 5.92 Å². The average Bonchev–Trinajstić information content (AvgIpc) is 2.85. The Hall–Kier alpha value is -1.61. The summed E-state index contributed by atoms with van der Waals surface area (Å²) in [5, 5.41) is 16.5. The number of nitrogens with zero attached hydrogens (tertiary/aromatic N) is 2. The number of nitrogens with one attached hydrogen (secondary N) is 2. The number of aryl methyl sites for hydroxylation is 1. The number of aromatic nitrogens is 1. The molecule has 0 unspecified atom stereocenters. The van der Waals surface area contributed by atoms with Gasteiger partial charge in [0.25, 0.3) is 5.91 Å². The van der Waals surface area contributed by atoms with Crippen LogP contribution in [0.5, 0.6) is 0 Å². The molecule has 5 nitrogen and oxygen atoms in total. The maximum atomic E-state index is 12.5. The largest absolute Gasteiger partial charge is 0.314 e. The highest BCUT2D eigenvalue weighted by atomic mass is 32.1. The number of hydrogen-bond donors (Lipinski definition) is 2. The number of rotatable bonds is 4. The van der Waals surface area contributed by atoms with Gasteiger partial charge in [0.2, 0.25) is 0 Å². The van der Waals surface area contributed by atoms with Gasteiger partial charge in [-0.15, -0.1) is 11.3 Å². The molecule has 2 aliphatic rings. The predicted molar refractivity (Wildman–Crippen MR) is 86.6 cm³/mol. The average molecular weight is 318 g/mol. The fourth-order valence-electron chi connectivity index (χ4n) is 3.33. The van der Waals surface area contributed by atoms with E-state index in [1.54, 1.807) is 11.3 Å². The lowest BCUT2D eigenvalue weighted by Gasteiger charge is -2.38.